The standard InChI is InChI=1S/C26H51NO5Si/c1-19(15-17-30-33(11,12)26(8,9)10)18-21(24(2,3)4)31-22(28)20-14-13-16-27(20)23(29)32-25(5,6)7/h19-21H,13-18H2,1-12H3/t19-,20-,21-/m0/s1. The summed E-state index contributed by atoms with van der Waals surface area (Å²) in [7, 11) is -1.76. The maximum atomic E-state index is 13.1. The predicted molar refractivity (Wildman–Crippen MR) is 137 cm³/mol. The molecule has 7 heteroatoms. The molecule has 6 nitrogen and oxygen atoms in total. The fourth-order valence-electron chi connectivity index (χ4n) is 3.56. The number of hydrogen-bond acceptors (Lipinski definition) is 5. The first-order valence-corrected chi connectivity index (χ1v) is 15.5. The predicted octanol–water partition coefficient (Wildman–Crippen LogP) is 6.78. The molecule has 1 aliphatic heterocycles. The van der Waals surface area contributed by atoms with Gasteiger partial charge < -0.3 is 13.9 Å². The summed E-state index contributed by atoms with van der Waals surface area (Å²) in [6.45, 7) is 26.6. The minimum Gasteiger partial charge on any atom is -0.460 e. The van der Waals surface area contributed by atoms with Crippen LogP contribution in [0.15, 0.2) is 0 Å². The van der Waals surface area contributed by atoms with Crippen LogP contribution in [-0.2, 0) is 18.7 Å². The summed E-state index contributed by atoms with van der Waals surface area (Å²) in [5.74, 6) is 0.0420. The molecule has 1 amide bonds. The van der Waals surface area contributed by atoms with Gasteiger partial charge in [0.05, 0.1) is 0 Å². The van der Waals surface area contributed by atoms with Crippen LogP contribution < -0.4 is 0 Å². The number of esters is 1. The molecule has 0 unspecified atom stereocenters. The maximum Gasteiger partial charge on any atom is 0.411 e. The Balaban J connectivity index is 2.74. The Labute approximate surface area is 204 Å². The van der Waals surface area contributed by atoms with Gasteiger partial charge in [0.15, 0.2) is 8.32 Å². The molecule has 0 aliphatic carbocycles. The van der Waals surface area contributed by atoms with Gasteiger partial charge in [-0.3, -0.25) is 4.90 Å². The van der Waals surface area contributed by atoms with Crippen molar-refractivity contribution in [2.75, 3.05) is 13.2 Å². The Morgan fingerprint density at radius 1 is 1.03 bits per heavy atom. The van der Waals surface area contributed by atoms with Crippen molar-refractivity contribution in [1.82, 2.24) is 4.90 Å². The van der Waals surface area contributed by atoms with Gasteiger partial charge in [-0.05, 0) is 75.9 Å². The van der Waals surface area contributed by atoms with E-state index in [1.165, 1.54) is 4.90 Å². The third-order valence-corrected chi connectivity index (χ3v) is 11.4. The number of likely N-dealkylation sites (tertiary alicyclic amines) is 1. The molecule has 0 N–H and O–H groups in total. The summed E-state index contributed by atoms with van der Waals surface area (Å²) in [6, 6.07) is -0.568. The first-order valence-electron chi connectivity index (χ1n) is 12.6. The first kappa shape index (κ1) is 29.9. The zero-order chi connectivity index (χ0) is 25.8. The lowest BCUT2D eigenvalue weighted by atomic mass is 9.83. The van der Waals surface area contributed by atoms with Crippen molar-refractivity contribution < 1.29 is 23.5 Å². The minimum atomic E-state index is -1.76. The van der Waals surface area contributed by atoms with Crippen LogP contribution in [0.2, 0.25) is 18.1 Å². The lowest BCUT2D eigenvalue weighted by Gasteiger charge is -2.37. The third-order valence-electron chi connectivity index (χ3n) is 6.87. The maximum absolute atomic E-state index is 13.1. The lowest BCUT2D eigenvalue weighted by Crippen LogP contribution is -2.46. The Morgan fingerprint density at radius 2 is 1.61 bits per heavy atom. The van der Waals surface area contributed by atoms with E-state index in [0.29, 0.717) is 18.9 Å². The molecule has 33 heavy (non-hydrogen) atoms. The molecule has 0 saturated carbocycles. The second-order valence-corrected chi connectivity index (χ2v) is 18.2. The average Bonchev–Trinajstić information content (AvgIpc) is 3.07. The van der Waals surface area contributed by atoms with Crippen LogP contribution in [0.5, 0.6) is 0 Å². The van der Waals surface area contributed by atoms with Crippen molar-refractivity contribution in [1.29, 1.82) is 0 Å². The second-order valence-electron chi connectivity index (χ2n) is 13.4. The van der Waals surface area contributed by atoms with E-state index < -0.39 is 26.1 Å². The average molecular weight is 486 g/mol. The number of ether oxygens (including phenoxy) is 2. The van der Waals surface area contributed by atoms with Gasteiger partial charge >= 0.3 is 12.1 Å². The summed E-state index contributed by atoms with van der Waals surface area (Å²) < 4.78 is 17.9. The van der Waals surface area contributed by atoms with Crippen LogP contribution in [0.3, 0.4) is 0 Å². The molecule has 1 heterocycles. The molecular weight excluding hydrogens is 434 g/mol. The lowest BCUT2D eigenvalue weighted by molar-refractivity contribution is -0.161. The van der Waals surface area contributed by atoms with Crippen molar-refractivity contribution in [3.63, 3.8) is 0 Å². The quantitative estimate of drug-likeness (QED) is 0.280. The van der Waals surface area contributed by atoms with Crippen molar-refractivity contribution in [3.8, 4) is 0 Å². The number of carbonyl (C=O) groups excluding carboxylic acids is 2. The van der Waals surface area contributed by atoms with Crippen LogP contribution in [0.4, 0.5) is 4.79 Å². The Kier molecular flexibility index (Phi) is 10.1. The third kappa shape index (κ3) is 9.59. The minimum absolute atomic E-state index is 0.195. The number of carbonyl (C=O) groups is 2. The largest absolute Gasteiger partial charge is 0.460 e. The zero-order valence-corrected chi connectivity index (χ0v) is 24.5. The van der Waals surface area contributed by atoms with Crippen LogP contribution >= 0.6 is 0 Å². The molecule has 0 spiro atoms. The molecule has 1 fully saturated rings. The van der Waals surface area contributed by atoms with E-state index in [9.17, 15) is 9.59 Å². The highest BCUT2D eigenvalue weighted by molar-refractivity contribution is 6.74. The highest BCUT2D eigenvalue weighted by Crippen LogP contribution is 2.37. The molecule has 3 atom stereocenters. The summed E-state index contributed by atoms with van der Waals surface area (Å²) in [4.78, 5) is 27.3. The second kappa shape index (κ2) is 11.1. The van der Waals surface area contributed by atoms with Gasteiger partial charge in [0, 0.05) is 13.2 Å². The van der Waals surface area contributed by atoms with Gasteiger partial charge in [0.25, 0.3) is 0 Å². The fourth-order valence-corrected chi connectivity index (χ4v) is 4.62. The highest BCUT2D eigenvalue weighted by Gasteiger charge is 2.40. The summed E-state index contributed by atoms with van der Waals surface area (Å²) >= 11 is 0. The molecule has 0 aromatic rings. The number of rotatable bonds is 8. The number of hydrogen-bond donors (Lipinski definition) is 0. The molecule has 1 aliphatic rings. The molecule has 194 valence electrons. The van der Waals surface area contributed by atoms with E-state index in [4.69, 9.17) is 13.9 Å². The van der Waals surface area contributed by atoms with E-state index in [-0.39, 0.29) is 22.5 Å². The molecule has 0 aromatic carbocycles. The zero-order valence-electron chi connectivity index (χ0n) is 23.5. The van der Waals surface area contributed by atoms with Gasteiger partial charge in [0.1, 0.15) is 17.7 Å². The van der Waals surface area contributed by atoms with Crippen molar-refractivity contribution in [3.05, 3.63) is 0 Å². The van der Waals surface area contributed by atoms with Gasteiger partial charge in [-0.25, -0.2) is 9.59 Å². The van der Waals surface area contributed by atoms with Gasteiger partial charge in [0.2, 0.25) is 0 Å². The Bertz CT molecular complexity index is 657. The molecular formula is C26H51NO5Si. The van der Waals surface area contributed by atoms with Crippen LogP contribution in [-0.4, -0.2) is 56.2 Å². The number of amides is 1. The van der Waals surface area contributed by atoms with Crippen LogP contribution in [0.1, 0.15) is 94.9 Å². The van der Waals surface area contributed by atoms with Crippen molar-refractivity contribution >= 4 is 20.4 Å². The summed E-state index contributed by atoms with van der Waals surface area (Å²) in [5.41, 5.74) is -0.788. The van der Waals surface area contributed by atoms with Gasteiger partial charge in [-0.15, -0.1) is 0 Å². The number of nitrogens with zero attached hydrogens (tertiary/aromatic N) is 1. The van der Waals surface area contributed by atoms with Gasteiger partial charge in [-0.1, -0.05) is 48.5 Å². The summed E-state index contributed by atoms with van der Waals surface area (Å²) in [5, 5.41) is 0.195. The molecule has 1 rings (SSSR count). The van der Waals surface area contributed by atoms with Gasteiger partial charge in [-0.2, -0.15) is 0 Å². The topological polar surface area (TPSA) is 65.1 Å². The van der Waals surface area contributed by atoms with Crippen LogP contribution in [0, 0.1) is 11.3 Å². The Morgan fingerprint density at radius 3 is 2.09 bits per heavy atom. The van der Waals surface area contributed by atoms with E-state index in [2.05, 4.69) is 61.6 Å². The SMILES string of the molecule is C[C@@H](CCO[Si](C)(C)C(C)(C)C)C[C@H](OC(=O)[C@@H]1CCCN1C(=O)OC(C)(C)C)C(C)(C)C. The Hall–Kier alpha value is -1.08. The van der Waals surface area contributed by atoms with Crippen LogP contribution in [0.25, 0.3) is 0 Å². The molecule has 0 radical (unpaired) electrons. The summed E-state index contributed by atoms with van der Waals surface area (Å²) in [6.07, 6.45) is 2.43. The van der Waals surface area contributed by atoms with E-state index in [1.54, 1.807) is 0 Å². The fraction of sp³-hybridized carbons (Fsp3) is 0.923. The molecule has 1 saturated heterocycles. The van der Waals surface area contributed by atoms with E-state index >= 15 is 0 Å². The highest BCUT2D eigenvalue weighted by atomic mass is 28.4. The van der Waals surface area contributed by atoms with Crippen molar-refractivity contribution in [2.24, 2.45) is 11.3 Å². The van der Waals surface area contributed by atoms with E-state index in [1.807, 2.05) is 20.8 Å². The smallest absolute Gasteiger partial charge is 0.411 e. The first-order chi connectivity index (χ1) is 14.7. The molecule has 0 aromatic heterocycles. The van der Waals surface area contributed by atoms with Crippen molar-refractivity contribution in [2.45, 2.75) is 131 Å². The normalized spacial score (nSPS) is 19.9. The monoisotopic (exact) mass is 485 g/mol. The molecule has 0 bridgehead atoms. The van der Waals surface area contributed by atoms with E-state index in [0.717, 1.165) is 25.9 Å².